The molecule has 0 spiro atoms. The third kappa shape index (κ3) is 3.56. The van der Waals surface area contributed by atoms with Crippen LogP contribution in [0.3, 0.4) is 0 Å². The average Bonchev–Trinajstić information content (AvgIpc) is 2.85. The number of carboxylic acid groups (broad SMARTS) is 1. The molecule has 2 rings (SSSR count). The number of hydrogen-bond donors (Lipinski definition) is 3. The molecule has 0 saturated carbocycles. The predicted molar refractivity (Wildman–Crippen MR) is 73.0 cm³/mol. The van der Waals surface area contributed by atoms with Gasteiger partial charge in [-0.05, 0) is 26.0 Å². The first kappa shape index (κ1) is 14.5. The molecule has 0 fully saturated rings. The third-order valence-electron chi connectivity index (χ3n) is 2.62. The number of anilines is 1. The van der Waals surface area contributed by atoms with E-state index in [0.717, 1.165) is 0 Å². The largest absolute Gasteiger partial charge is 0.476 e. The standard InChI is InChI=1S/C13H14N4O4/c1-7-6-15-11(21-7)8(2)16-13(20)17-9-4-3-5-14-10(9)12(18)19/h3-6,8H,1-2H3,(H,18,19)(H2,16,17,20). The van der Waals surface area contributed by atoms with Crippen LogP contribution in [-0.4, -0.2) is 27.1 Å². The maximum Gasteiger partial charge on any atom is 0.356 e. The lowest BCUT2D eigenvalue weighted by Crippen LogP contribution is -2.32. The molecule has 2 heterocycles. The van der Waals surface area contributed by atoms with Crippen LogP contribution in [0.15, 0.2) is 28.9 Å². The van der Waals surface area contributed by atoms with Crippen LogP contribution in [0.2, 0.25) is 0 Å². The number of amides is 2. The van der Waals surface area contributed by atoms with Crippen molar-refractivity contribution in [1.82, 2.24) is 15.3 Å². The minimum absolute atomic E-state index is 0.110. The number of pyridine rings is 1. The van der Waals surface area contributed by atoms with Gasteiger partial charge in [-0.1, -0.05) is 0 Å². The molecular formula is C13H14N4O4. The second-order valence-corrected chi connectivity index (χ2v) is 4.33. The summed E-state index contributed by atoms with van der Waals surface area (Å²) < 4.78 is 5.30. The SMILES string of the molecule is Cc1cnc(C(C)NC(=O)Nc2cccnc2C(=O)O)o1. The van der Waals surface area contributed by atoms with Crippen LogP contribution in [0, 0.1) is 6.92 Å². The minimum Gasteiger partial charge on any atom is -0.476 e. The van der Waals surface area contributed by atoms with Crippen LogP contribution in [0.1, 0.15) is 35.1 Å². The molecule has 110 valence electrons. The summed E-state index contributed by atoms with van der Waals surface area (Å²) in [6, 6.07) is 1.95. The van der Waals surface area contributed by atoms with Crippen molar-refractivity contribution in [1.29, 1.82) is 0 Å². The highest BCUT2D eigenvalue weighted by Crippen LogP contribution is 2.14. The van der Waals surface area contributed by atoms with E-state index in [9.17, 15) is 9.59 Å². The monoisotopic (exact) mass is 290 g/mol. The fourth-order valence-corrected chi connectivity index (χ4v) is 1.67. The van der Waals surface area contributed by atoms with Gasteiger partial charge >= 0.3 is 12.0 Å². The van der Waals surface area contributed by atoms with E-state index in [1.165, 1.54) is 18.3 Å². The molecule has 8 heteroatoms. The topological polar surface area (TPSA) is 117 Å². The number of carbonyl (C=O) groups excluding carboxylic acids is 1. The number of nitrogens with one attached hydrogen (secondary N) is 2. The van der Waals surface area contributed by atoms with Gasteiger partial charge < -0.3 is 20.2 Å². The van der Waals surface area contributed by atoms with Crippen molar-refractivity contribution in [2.75, 3.05) is 5.32 Å². The lowest BCUT2D eigenvalue weighted by Gasteiger charge is -2.12. The van der Waals surface area contributed by atoms with Crippen molar-refractivity contribution >= 4 is 17.7 Å². The Morgan fingerprint density at radius 3 is 2.76 bits per heavy atom. The summed E-state index contributed by atoms with van der Waals surface area (Å²) in [5, 5.41) is 14.0. The number of rotatable bonds is 4. The van der Waals surface area contributed by atoms with E-state index >= 15 is 0 Å². The van der Waals surface area contributed by atoms with Crippen molar-refractivity contribution in [3.05, 3.63) is 41.9 Å². The Kier molecular flexibility index (Phi) is 4.17. The van der Waals surface area contributed by atoms with Crippen molar-refractivity contribution < 1.29 is 19.1 Å². The molecular weight excluding hydrogens is 276 g/mol. The van der Waals surface area contributed by atoms with Crippen LogP contribution in [0.4, 0.5) is 10.5 Å². The van der Waals surface area contributed by atoms with Gasteiger partial charge in [0.05, 0.1) is 11.9 Å². The normalized spacial score (nSPS) is 11.7. The van der Waals surface area contributed by atoms with Gasteiger partial charge in [-0.2, -0.15) is 0 Å². The second-order valence-electron chi connectivity index (χ2n) is 4.33. The number of aromatic carboxylic acids is 1. The number of nitrogens with zero attached hydrogens (tertiary/aromatic N) is 2. The Morgan fingerprint density at radius 1 is 1.38 bits per heavy atom. The van der Waals surface area contributed by atoms with Crippen molar-refractivity contribution in [2.45, 2.75) is 19.9 Å². The fraction of sp³-hybridized carbons (Fsp3) is 0.231. The minimum atomic E-state index is -1.22. The summed E-state index contributed by atoms with van der Waals surface area (Å²) in [5.41, 5.74) is -0.120. The van der Waals surface area contributed by atoms with E-state index in [-0.39, 0.29) is 11.4 Å². The molecule has 0 aromatic carbocycles. The summed E-state index contributed by atoms with van der Waals surface area (Å²) >= 11 is 0. The summed E-state index contributed by atoms with van der Waals surface area (Å²) in [6.45, 7) is 3.45. The highest BCUT2D eigenvalue weighted by Gasteiger charge is 2.17. The van der Waals surface area contributed by atoms with Crippen molar-refractivity contribution in [2.24, 2.45) is 0 Å². The lowest BCUT2D eigenvalue weighted by atomic mass is 10.3. The number of urea groups is 1. The predicted octanol–water partition coefficient (Wildman–Crippen LogP) is 1.96. The van der Waals surface area contributed by atoms with E-state index in [2.05, 4.69) is 20.6 Å². The first-order valence-corrected chi connectivity index (χ1v) is 6.15. The van der Waals surface area contributed by atoms with E-state index in [1.807, 2.05) is 0 Å². The Hall–Kier alpha value is -2.90. The summed E-state index contributed by atoms with van der Waals surface area (Å²) in [6.07, 6.45) is 2.89. The molecule has 3 N–H and O–H groups in total. The molecule has 0 radical (unpaired) electrons. The highest BCUT2D eigenvalue weighted by atomic mass is 16.4. The van der Waals surface area contributed by atoms with Gasteiger partial charge in [-0.25, -0.2) is 19.6 Å². The quantitative estimate of drug-likeness (QED) is 0.792. The summed E-state index contributed by atoms with van der Waals surface area (Å²) in [5.74, 6) is -0.214. The molecule has 2 amide bonds. The fourth-order valence-electron chi connectivity index (χ4n) is 1.67. The van der Waals surface area contributed by atoms with Crippen molar-refractivity contribution in [3.63, 3.8) is 0 Å². The number of aryl methyl sites for hydroxylation is 1. The Morgan fingerprint density at radius 2 is 2.14 bits per heavy atom. The van der Waals surface area contributed by atoms with Crippen LogP contribution < -0.4 is 10.6 Å². The van der Waals surface area contributed by atoms with E-state index < -0.39 is 18.0 Å². The molecule has 0 aliphatic rings. The zero-order valence-electron chi connectivity index (χ0n) is 11.5. The molecule has 0 saturated heterocycles. The highest BCUT2D eigenvalue weighted by molar-refractivity contribution is 5.98. The Balaban J connectivity index is 2.04. The number of oxazole rings is 1. The number of carboxylic acids is 1. The molecule has 0 aliphatic carbocycles. The van der Waals surface area contributed by atoms with Crippen LogP contribution in [-0.2, 0) is 0 Å². The van der Waals surface area contributed by atoms with E-state index in [1.54, 1.807) is 20.0 Å². The van der Waals surface area contributed by atoms with Gasteiger partial charge in [0.25, 0.3) is 0 Å². The van der Waals surface area contributed by atoms with Crippen LogP contribution in [0.25, 0.3) is 0 Å². The first-order chi connectivity index (χ1) is 9.97. The molecule has 2 aromatic rings. The maximum absolute atomic E-state index is 11.9. The molecule has 1 unspecified atom stereocenters. The molecule has 2 aromatic heterocycles. The maximum atomic E-state index is 11.9. The summed E-state index contributed by atoms with van der Waals surface area (Å²) in [7, 11) is 0. The van der Waals surface area contributed by atoms with E-state index in [4.69, 9.17) is 9.52 Å². The molecule has 0 aliphatic heterocycles. The zero-order valence-corrected chi connectivity index (χ0v) is 11.5. The van der Waals surface area contributed by atoms with Gasteiger partial charge in [0.2, 0.25) is 5.89 Å². The second kappa shape index (κ2) is 6.04. The van der Waals surface area contributed by atoms with E-state index in [0.29, 0.717) is 11.7 Å². The molecule has 8 nitrogen and oxygen atoms in total. The number of aromatic nitrogens is 2. The van der Waals surface area contributed by atoms with Crippen LogP contribution in [0.5, 0.6) is 0 Å². The Labute approximate surface area is 120 Å². The molecule has 21 heavy (non-hydrogen) atoms. The van der Waals surface area contributed by atoms with Crippen molar-refractivity contribution in [3.8, 4) is 0 Å². The third-order valence-corrected chi connectivity index (χ3v) is 2.62. The summed E-state index contributed by atoms with van der Waals surface area (Å²) in [4.78, 5) is 30.6. The van der Waals surface area contributed by atoms with Gasteiger partial charge in [-0.15, -0.1) is 0 Å². The molecule has 0 bridgehead atoms. The van der Waals surface area contributed by atoms with Gasteiger partial charge in [0.1, 0.15) is 11.8 Å². The zero-order chi connectivity index (χ0) is 15.4. The average molecular weight is 290 g/mol. The number of carbonyl (C=O) groups is 2. The van der Waals surface area contributed by atoms with Gasteiger partial charge in [0.15, 0.2) is 5.69 Å². The Bertz CT molecular complexity index is 668. The number of hydrogen-bond acceptors (Lipinski definition) is 5. The van der Waals surface area contributed by atoms with Gasteiger partial charge in [-0.3, -0.25) is 0 Å². The smallest absolute Gasteiger partial charge is 0.356 e. The van der Waals surface area contributed by atoms with Crippen LogP contribution >= 0.6 is 0 Å². The molecule has 1 atom stereocenters. The van der Waals surface area contributed by atoms with Gasteiger partial charge in [0, 0.05) is 6.20 Å². The lowest BCUT2D eigenvalue weighted by molar-refractivity contribution is 0.0691. The first-order valence-electron chi connectivity index (χ1n) is 6.15.